The van der Waals surface area contributed by atoms with Gasteiger partial charge in [-0.2, -0.15) is 13.3 Å². The number of nitro benzene ring substituents is 2. The van der Waals surface area contributed by atoms with Gasteiger partial charge in [0.15, 0.2) is 0 Å². The molecular weight excluding hydrogens is 1970 g/mol. The van der Waals surface area contributed by atoms with Gasteiger partial charge in [-0.3, -0.25) is 9.98 Å². The Labute approximate surface area is 891 Å². The summed E-state index contributed by atoms with van der Waals surface area (Å²) >= 11 is 1.68. The zero-order chi connectivity index (χ0) is 101. The Hall–Kier alpha value is -10.3. The van der Waals surface area contributed by atoms with Crippen LogP contribution < -0.4 is 92.0 Å². The molecule has 17 nitrogen and oxygen atoms in total. The smallest absolute Gasteiger partial charge is 0.0620 e. The van der Waals surface area contributed by atoms with E-state index in [-0.39, 0.29) is 85.8 Å². The van der Waals surface area contributed by atoms with Gasteiger partial charge in [0.05, 0.1) is 19.3 Å². The molecule has 728 valence electrons. The molecule has 0 amide bonds. The second-order valence-electron chi connectivity index (χ2n) is 36.7. The molecule has 0 atom stereocenters. The first-order valence-electron chi connectivity index (χ1n) is 46.7. The molecule has 0 aromatic heterocycles. The van der Waals surface area contributed by atoms with Crippen LogP contribution in [-0.2, 0) is 33.5 Å². The molecular formula is C117H137ClKN8O9PRu2. The predicted octanol–water partition coefficient (Wildman–Crippen LogP) is 24.1. The average molecular weight is 2110 g/mol. The maximum atomic E-state index is 10.5. The fourth-order valence-electron chi connectivity index (χ4n) is 16.8. The van der Waals surface area contributed by atoms with Crippen LogP contribution in [0.3, 0.4) is 0 Å². The number of aliphatic imine (C=N–C) groups is 2. The zero-order valence-corrected chi connectivity index (χ0v) is 93.5. The minimum Gasteiger partial charge on any atom is -0.0620 e. The molecule has 0 unspecified atom stereocenters. The fraction of sp³-hybridized carbons (Fsp3) is 0.282. The third kappa shape index (κ3) is 34.5. The largest absolute Gasteiger partial charge is 1.00 e. The van der Waals surface area contributed by atoms with E-state index in [2.05, 4.69) is 365 Å². The van der Waals surface area contributed by atoms with E-state index in [1.54, 1.807) is 47.6 Å². The molecule has 2 heterocycles. The molecule has 2 aliphatic rings. The summed E-state index contributed by atoms with van der Waals surface area (Å²) in [7, 11) is 4.62. The van der Waals surface area contributed by atoms with Crippen LogP contribution in [0.5, 0.6) is 23.0 Å². The van der Waals surface area contributed by atoms with Crippen molar-refractivity contribution in [1.29, 1.82) is 0 Å². The van der Waals surface area contributed by atoms with Crippen molar-refractivity contribution in [3.8, 4) is 23.0 Å². The molecule has 2 saturated heterocycles. The SMILES string of the molecule is CC(C)c1cccc(C(C)C)c1N=Cc1ccccc1O.CC(C)c1cccc(C(C)C)c1N=Cc1ccccc1O.CCC(C)(C)[O-].Cc1cc(C)c(N2[CH-]N(c3c(C)cc(C)cc3C)CC2)c(C)c1.Cc1cc(C)c(N2[CH-]N(c3c(C)cc(C)cc3C)CC2)c(C)c1.O=[N+]([O-])c1ccc(O)c([CH]=[Ru+])c1.O=[N+]([O-])c1ccc(O)c([CH]=[Ru][Cl])c1.[K+].c1ccc([PH+](c2ccccc2)c2ccccc2)cc1. The molecule has 2 aliphatic heterocycles. The van der Waals surface area contributed by atoms with Gasteiger partial charge in [-0.25, -0.2) is 0 Å². The van der Waals surface area contributed by atoms with Crippen LogP contribution >= 0.6 is 17.6 Å². The van der Waals surface area contributed by atoms with Crippen LogP contribution in [-0.4, -0.2) is 83.7 Å². The van der Waals surface area contributed by atoms with Gasteiger partial charge in [-0.1, -0.05) is 269 Å². The molecule has 0 aliphatic carbocycles. The molecule has 0 bridgehead atoms. The number of halogens is 1. The summed E-state index contributed by atoms with van der Waals surface area (Å²) < 4.78 is 3.14. The number of anilines is 4. The summed E-state index contributed by atoms with van der Waals surface area (Å²) in [5.41, 5.74) is 30.3. The molecule has 13 aromatic carbocycles. The second-order valence-corrected chi connectivity index (χ2v) is 41.5. The van der Waals surface area contributed by atoms with Gasteiger partial charge in [-0.15, -0.1) is 5.60 Å². The normalized spacial score (nSPS) is 12.2. The molecule has 13 aromatic rings. The van der Waals surface area contributed by atoms with Crippen LogP contribution in [0, 0.1) is 117 Å². The van der Waals surface area contributed by atoms with Crippen LogP contribution in [0.2, 0.25) is 0 Å². The Bertz CT molecular complexity index is 5720. The number of nitrogens with zero attached hydrogens (tertiary/aromatic N) is 8. The summed E-state index contributed by atoms with van der Waals surface area (Å²) in [5, 5.41) is 73.5. The molecule has 22 heteroatoms. The molecule has 0 saturated carbocycles. The number of non-ortho nitro benzene ring substituents is 2. The molecule has 2 fully saturated rings. The van der Waals surface area contributed by atoms with E-state index in [0.29, 0.717) is 41.2 Å². The predicted molar refractivity (Wildman–Crippen MR) is 577 cm³/mol. The van der Waals surface area contributed by atoms with Crippen molar-refractivity contribution in [2.24, 2.45) is 9.98 Å². The second kappa shape index (κ2) is 56.4. The molecule has 0 spiro atoms. The quantitative estimate of drug-likeness (QED) is 0.0139. The maximum Gasteiger partial charge on any atom is 1.00 e. The first-order chi connectivity index (χ1) is 65.5. The maximum absolute atomic E-state index is 10.5. The summed E-state index contributed by atoms with van der Waals surface area (Å²) in [4.78, 5) is 38.6. The van der Waals surface area contributed by atoms with Crippen molar-refractivity contribution < 1.29 is 120 Å². The third-order valence-corrected chi connectivity index (χ3v) is 27.8. The van der Waals surface area contributed by atoms with Gasteiger partial charge in [0.25, 0.3) is 0 Å². The van der Waals surface area contributed by atoms with Crippen molar-refractivity contribution >= 4 is 101 Å². The summed E-state index contributed by atoms with van der Waals surface area (Å²) in [6.45, 7) is 57.8. The van der Waals surface area contributed by atoms with Gasteiger partial charge in [0.2, 0.25) is 0 Å². The van der Waals surface area contributed by atoms with Crippen molar-refractivity contribution in [2.45, 2.75) is 195 Å². The van der Waals surface area contributed by atoms with Crippen molar-refractivity contribution in [3.05, 3.63) is 406 Å². The van der Waals surface area contributed by atoms with E-state index >= 15 is 0 Å². The van der Waals surface area contributed by atoms with Crippen LogP contribution in [0.1, 0.15) is 218 Å². The van der Waals surface area contributed by atoms with Gasteiger partial charge in [0, 0.05) is 72.5 Å². The number of hydrogen-bond acceptors (Lipinski definition) is 15. The fourth-order valence-corrected chi connectivity index (χ4v) is 20.9. The van der Waals surface area contributed by atoms with E-state index in [9.17, 15) is 40.7 Å². The Morgan fingerprint density at radius 2 is 0.640 bits per heavy atom. The number of phenolic OH excluding ortho intramolecular Hbond substituents is 4. The minimum atomic E-state index is -0.877. The van der Waals surface area contributed by atoms with Crippen molar-refractivity contribution in [1.82, 2.24) is 0 Å². The van der Waals surface area contributed by atoms with Crippen molar-refractivity contribution in [3.63, 3.8) is 0 Å². The van der Waals surface area contributed by atoms with E-state index < -0.39 is 39.1 Å². The number of benzene rings is 13. The first kappa shape index (κ1) is 116. The number of rotatable bonds is 20. The summed E-state index contributed by atoms with van der Waals surface area (Å²) in [6.07, 6.45) is 4.22. The van der Waals surface area contributed by atoms with E-state index in [4.69, 9.17) is 24.8 Å². The first-order valence-corrected chi connectivity index (χ1v) is 52.4. The average Bonchev–Trinajstić information content (AvgIpc) is 1.68. The Morgan fingerprint density at radius 3 is 0.878 bits per heavy atom. The van der Waals surface area contributed by atoms with Gasteiger partial charge < -0.3 is 34.9 Å². The Balaban J connectivity index is 0.000000220. The number of para-hydroxylation sites is 4. The van der Waals surface area contributed by atoms with Crippen LogP contribution in [0.15, 0.2) is 271 Å². The van der Waals surface area contributed by atoms with Gasteiger partial charge in [-0.05, 0) is 234 Å². The number of phenols is 4. The standard InChI is InChI=1S/2C21H27N2.2C19H23NO.C18H15P.2C7H5NO3.C5H11O.ClH.K.2Ru/c2*1-14-9-16(3)20(17(4)10-14)22-7-8-23(13-22)21-18(5)11-15(2)12-19(21)6;2*1-13(2)16-9-7-10-17(14(3)4)19(16)20-12-15-8-5-6-11-18(15)21;1-4-10-16(11-5-1)19(17-12-6-2-7-13-17)18-14-8-3-9-15-18;2*1-5-4-6(8(10)11)2-3-7(5)9;1-4-5(2,3)6;;;;/h2*9-13H,7-8H2,1-6H3;2*5-14,21H,1-4H3;1-15H;2*1-4,9H;4H2,1-3H3;1H;;;/q2*-1;;;;;;-1;;3*+1. The topological polar surface area (TPSA) is 228 Å². The van der Waals surface area contributed by atoms with Gasteiger partial charge >= 0.3 is 215 Å². The van der Waals surface area contributed by atoms with Gasteiger partial charge in [0.1, 0.15) is 27.4 Å². The number of aromatic hydroxyl groups is 4. The van der Waals surface area contributed by atoms with Crippen LogP contribution in [0.4, 0.5) is 45.5 Å². The number of nitro groups is 2. The third-order valence-electron chi connectivity index (χ3n) is 23.4. The molecule has 0 radical (unpaired) electrons. The monoisotopic (exact) mass is 2110 g/mol. The van der Waals surface area contributed by atoms with E-state index in [1.807, 2.05) is 43.3 Å². The van der Waals surface area contributed by atoms with Crippen molar-refractivity contribution in [2.75, 3.05) is 45.8 Å². The van der Waals surface area contributed by atoms with E-state index in [0.717, 1.165) is 48.7 Å². The molecule has 15 rings (SSSR count). The minimum absolute atomic E-state index is 0. The van der Waals surface area contributed by atoms with Crippen LogP contribution in [0.25, 0.3) is 0 Å². The zero-order valence-electron chi connectivity index (χ0n) is 85.1. The number of aryl methyl sites for hydroxylation is 12. The Kier molecular flexibility index (Phi) is 46.9. The molecule has 139 heavy (non-hydrogen) atoms. The Morgan fingerprint density at radius 1 is 0.396 bits per heavy atom. The van der Waals surface area contributed by atoms with E-state index in [1.165, 1.54) is 164 Å². The summed E-state index contributed by atoms with van der Waals surface area (Å²) in [5.74, 6) is 2.24. The molecule has 4 N–H and O–H groups in total. The summed E-state index contributed by atoms with van der Waals surface area (Å²) in [6, 6.07) is 85.7. The number of hydrogen-bond donors (Lipinski definition) is 4.